The molecule has 3 nitrogen and oxygen atoms in total. The maximum Gasteiger partial charge on any atom is 0.0952 e. The van der Waals surface area contributed by atoms with Crippen LogP contribution in [0.25, 0.3) is 0 Å². The van der Waals surface area contributed by atoms with Crippen LogP contribution < -0.4 is 5.32 Å². The van der Waals surface area contributed by atoms with Gasteiger partial charge in [0.15, 0.2) is 0 Å². The Balaban J connectivity index is 1.96. The molecule has 0 aliphatic carbocycles. The predicted octanol–water partition coefficient (Wildman–Crippen LogP) is 3.78. The van der Waals surface area contributed by atoms with Gasteiger partial charge >= 0.3 is 0 Å². The summed E-state index contributed by atoms with van der Waals surface area (Å²) in [6.45, 7) is 4.82. The first kappa shape index (κ1) is 15.4. The molecule has 0 saturated carbocycles. The first-order valence-corrected chi connectivity index (χ1v) is 7.60. The maximum absolute atomic E-state index is 6.18. The molecular formula is C15H19Cl2N3. The van der Waals surface area contributed by atoms with E-state index in [1.165, 1.54) is 0 Å². The van der Waals surface area contributed by atoms with E-state index in [1.54, 1.807) is 0 Å². The molecule has 1 N–H and O–H groups in total. The summed E-state index contributed by atoms with van der Waals surface area (Å²) in [6.07, 6.45) is 5.96. The number of halogens is 2. The number of rotatable bonds is 7. The summed E-state index contributed by atoms with van der Waals surface area (Å²) in [5.74, 6) is 0. The number of aromatic nitrogens is 2. The molecule has 1 heterocycles. The van der Waals surface area contributed by atoms with Crippen molar-refractivity contribution in [2.75, 3.05) is 13.1 Å². The Morgan fingerprint density at radius 3 is 2.65 bits per heavy atom. The Morgan fingerprint density at radius 2 is 1.95 bits per heavy atom. The second-order valence-corrected chi connectivity index (χ2v) is 5.55. The van der Waals surface area contributed by atoms with Gasteiger partial charge in [0.05, 0.1) is 18.6 Å². The first-order valence-electron chi connectivity index (χ1n) is 6.85. The van der Waals surface area contributed by atoms with E-state index in [-0.39, 0.29) is 0 Å². The fraction of sp³-hybridized carbons (Fsp3) is 0.400. The second-order valence-electron chi connectivity index (χ2n) is 4.74. The number of nitrogens with one attached hydrogen (secondary N) is 1. The molecule has 0 atom stereocenters. The van der Waals surface area contributed by atoms with Crippen LogP contribution in [0.2, 0.25) is 10.0 Å². The number of imidazole rings is 1. The molecule has 2 rings (SSSR count). The molecule has 0 aliphatic heterocycles. The van der Waals surface area contributed by atoms with Gasteiger partial charge in [0, 0.05) is 34.8 Å². The molecular weight excluding hydrogens is 293 g/mol. The van der Waals surface area contributed by atoms with Gasteiger partial charge in [-0.2, -0.15) is 0 Å². The van der Waals surface area contributed by atoms with E-state index >= 15 is 0 Å². The standard InChI is InChI=1S/C15H19Cl2N3/c1-2-7-18-8-6-12-9-20(11-19-12)10-13-14(16)4-3-5-15(13)17/h3-5,9,11,18H,2,6-8,10H2,1H3. The van der Waals surface area contributed by atoms with Crippen molar-refractivity contribution in [1.82, 2.24) is 14.9 Å². The fourth-order valence-corrected chi connectivity index (χ4v) is 2.52. The van der Waals surface area contributed by atoms with Crippen LogP contribution in [0, 0.1) is 0 Å². The lowest BCUT2D eigenvalue weighted by atomic mass is 10.2. The topological polar surface area (TPSA) is 29.9 Å². The summed E-state index contributed by atoms with van der Waals surface area (Å²) in [6, 6.07) is 5.57. The summed E-state index contributed by atoms with van der Waals surface area (Å²) in [7, 11) is 0. The third-order valence-corrected chi connectivity index (χ3v) is 3.78. The lowest BCUT2D eigenvalue weighted by molar-refractivity contribution is 0.666. The average Bonchev–Trinajstić information content (AvgIpc) is 2.87. The van der Waals surface area contributed by atoms with Crippen molar-refractivity contribution in [3.63, 3.8) is 0 Å². The summed E-state index contributed by atoms with van der Waals surface area (Å²) < 4.78 is 2.02. The van der Waals surface area contributed by atoms with E-state index in [2.05, 4.69) is 17.2 Å². The van der Waals surface area contributed by atoms with Crippen LogP contribution >= 0.6 is 23.2 Å². The summed E-state index contributed by atoms with van der Waals surface area (Å²) in [5, 5.41) is 4.75. The summed E-state index contributed by atoms with van der Waals surface area (Å²) in [4.78, 5) is 4.41. The van der Waals surface area contributed by atoms with E-state index < -0.39 is 0 Å². The summed E-state index contributed by atoms with van der Waals surface area (Å²) >= 11 is 12.4. The smallest absolute Gasteiger partial charge is 0.0952 e. The lowest BCUT2D eigenvalue weighted by Gasteiger charge is -2.07. The monoisotopic (exact) mass is 311 g/mol. The van der Waals surface area contributed by atoms with Crippen LogP contribution in [0.1, 0.15) is 24.6 Å². The normalized spacial score (nSPS) is 10.9. The number of hydrogen-bond acceptors (Lipinski definition) is 2. The molecule has 0 amide bonds. The molecule has 0 aliphatic rings. The van der Waals surface area contributed by atoms with Gasteiger partial charge in [-0.3, -0.25) is 0 Å². The highest BCUT2D eigenvalue weighted by Crippen LogP contribution is 2.25. The minimum absolute atomic E-state index is 0.647. The van der Waals surface area contributed by atoms with Crippen LogP contribution in [-0.4, -0.2) is 22.6 Å². The Hall–Kier alpha value is -1.03. The molecule has 0 saturated heterocycles. The van der Waals surface area contributed by atoms with E-state index in [0.29, 0.717) is 16.6 Å². The highest BCUT2D eigenvalue weighted by molar-refractivity contribution is 6.35. The Kier molecular flexibility index (Phi) is 5.89. The van der Waals surface area contributed by atoms with E-state index in [0.717, 1.165) is 37.2 Å². The molecule has 2 aromatic rings. The van der Waals surface area contributed by atoms with E-state index in [4.69, 9.17) is 23.2 Å². The molecule has 20 heavy (non-hydrogen) atoms. The molecule has 0 radical (unpaired) electrons. The molecule has 0 unspecified atom stereocenters. The Labute approximate surface area is 129 Å². The summed E-state index contributed by atoms with van der Waals surface area (Å²) in [5.41, 5.74) is 2.01. The molecule has 0 bridgehead atoms. The maximum atomic E-state index is 6.18. The van der Waals surface area contributed by atoms with Crippen LogP contribution in [0.15, 0.2) is 30.7 Å². The largest absolute Gasteiger partial charge is 0.333 e. The van der Waals surface area contributed by atoms with Gasteiger partial charge in [0.25, 0.3) is 0 Å². The van der Waals surface area contributed by atoms with Crippen molar-refractivity contribution in [3.8, 4) is 0 Å². The minimum Gasteiger partial charge on any atom is -0.333 e. The van der Waals surface area contributed by atoms with Crippen LogP contribution in [-0.2, 0) is 13.0 Å². The van der Waals surface area contributed by atoms with Gasteiger partial charge in [-0.1, -0.05) is 36.2 Å². The molecule has 5 heteroatoms. The van der Waals surface area contributed by atoms with Crippen molar-refractivity contribution >= 4 is 23.2 Å². The average molecular weight is 312 g/mol. The van der Waals surface area contributed by atoms with Crippen LogP contribution in [0.3, 0.4) is 0 Å². The number of benzene rings is 1. The van der Waals surface area contributed by atoms with Crippen molar-refractivity contribution < 1.29 is 0 Å². The molecule has 1 aromatic heterocycles. The van der Waals surface area contributed by atoms with Crippen molar-refractivity contribution in [2.45, 2.75) is 26.3 Å². The molecule has 108 valence electrons. The zero-order valence-corrected chi connectivity index (χ0v) is 13.1. The van der Waals surface area contributed by atoms with Crippen molar-refractivity contribution in [1.29, 1.82) is 0 Å². The number of nitrogens with zero attached hydrogens (tertiary/aromatic N) is 2. The molecule has 1 aromatic carbocycles. The van der Waals surface area contributed by atoms with Crippen molar-refractivity contribution in [3.05, 3.63) is 52.0 Å². The quantitative estimate of drug-likeness (QED) is 0.789. The second kappa shape index (κ2) is 7.67. The first-order chi connectivity index (χ1) is 9.70. The van der Waals surface area contributed by atoms with Gasteiger partial charge in [-0.15, -0.1) is 0 Å². The van der Waals surface area contributed by atoms with Gasteiger partial charge < -0.3 is 9.88 Å². The van der Waals surface area contributed by atoms with E-state index in [9.17, 15) is 0 Å². The molecule has 0 spiro atoms. The third kappa shape index (κ3) is 4.23. The fourth-order valence-electron chi connectivity index (χ4n) is 2.01. The zero-order valence-electron chi connectivity index (χ0n) is 11.6. The Bertz CT molecular complexity index is 532. The SMILES string of the molecule is CCCNCCc1cn(Cc2c(Cl)cccc2Cl)cn1. The van der Waals surface area contributed by atoms with Gasteiger partial charge in [-0.25, -0.2) is 4.98 Å². The predicted molar refractivity (Wildman–Crippen MR) is 84.7 cm³/mol. The zero-order chi connectivity index (χ0) is 14.4. The lowest BCUT2D eigenvalue weighted by Crippen LogP contribution is -2.17. The molecule has 0 fully saturated rings. The van der Waals surface area contributed by atoms with Gasteiger partial charge in [0.1, 0.15) is 0 Å². The van der Waals surface area contributed by atoms with Gasteiger partial charge in [0.2, 0.25) is 0 Å². The number of hydrogen-bond donors (Lipinski definition) is 1. The Morgan fingerprint density at radius 1 is 1.20 bits per heavy atom. The van der Waals surface area contributed by atoms with Crippen LogP contribution in [0.5, 0.6) is 0 Å². The third-order valence-electron chi connectivity index (χ3n) is 3.07. The highest BCUT2D eigenvalue weighted by Gasteiger charge is 2.07. The van der Waals surface area contributed by atoms with E-state index in [1.807, 2.05) is 35.3 Å². The van der Waals surface area contributed by atoms with Gasteiger partial charge in [-0.05, 0) is 25.1 Å². The minimum atomic E-state index is 0.647. The highest BCUT2D eigenvalue weighted by atomic mass is 35.5. The van der Waals surface area contributed by atoms with Crippen LogP contribution in [0.4, 0.5) is 0 Å². The van der Waals surface area contributed by atoms with Crippen molar-refractivity contribution in [2.24, 2.45) is 0 Å².